The lowest BCUT2D eigenvalue weighted by Gasteiger charge is -2.08. The summed E-state index contributed by atoms with van der Waals surface area (Å²) in [6, 6.07) is 15.0. The number of ether oxygens (including phenoxy) is 2. The molecule has 0 aliphatic carbocycles. The largest absolute Gasteiger partial charge is 0.494 e. The van der Waals surface area contributed by atoms with Gasteiger partial charge in [0.2, 0.25) is 0 Å². The second kappa shape index (κ2) is 8.67. The lowest BCUT2D eigenvalue weighted by atomic mass is 10.3. The molecule has 0 aliphatic rings. The molecule has 0 atom stereocenters. The molecule has 22 heavy (non-hydrogen) atoms. The number of nitrogens with one attached hydrogen (secondary N) is 1. The van der Waals surface area contributed by atoms with Crippen LogP contribution in [0.3, 0.4) is 0 Å². The van der Waals surface area contributed by atoms with Crippen molar-refractivity contribution < 1.29 is 18.7 Å². The Morgan fingerprint density at radius 3 is 2.36 bits per heavy atom. The van der Waals surface area contributed by atoms with E-state index in [4.69, 9.17) is 9.47 Å². The van der Waals surface area contributed by atoms with Gasteiger partial charge in [0, 0.05) is 6.54 Å². The minimum absolute atomic E-state index is 0.0921. The van der Waals surface area contributed by atoms with E-state index >= 15 is 0 Å². The van der Waals surface area contributed by atoms with E-state index in [0.717, 1.165) is 5.75 Å². The highest BCUT2D eigenvalue weighted by Crippen LogP contribution is 2.10. The van der Waals surface area contributed by atoms with E-state index in [1.807, 2.05) is 30.3 Å². The maximum Gasteiger partial charge on any atom is 0.257 e. The summed E-state index contributed by atoms with van der Waals surface area (Å²) < 4.78 is 23.5. The molecule has 0 aromatic heterocycles. The van der Waals surface area contributed by atoms with E-state index in [0.29, 0.717) is 25.3 Å². The highest BCUT2D eigenvalue weighted by Gasteiger charge is 2.02. The molecule has 0 heterocycles. The Balaban J connectivity index is 1.55. The van der Waals surface area contributed by atoms with Gasteiger partial charge >= 0.3 is 0 Å². The lowest BCUT2D eigenvalue weighted by molar-refractivity contribution is -0.123. The average Bonchev–Trinajstić information content (AvgIpc) is 2.55. The van der Waals surface area contributed by atoms with E-state index in [9.17, 15) is 9.18 Å². The zero-order valence-corrected chi connectivity index (χ0v) is 12.1. The van der Waals surface area contributed by atoms with Crippen LogP contribution in [0.4, 0.5) is 4.39 Å². The predicted octanol–water partition coefficient (Wildman–Crippen LogP) is 2.79. The third-order valence-corrected chi connectivity index (χ3v) is 2.84. The molecule has 0 saturated carbocycles. The van der Waals surface area contributed by atoms with Crippen molar-refractivity contribution in [3.8, 4) is 11.5 Å². The van der Waals surface area contributed by atoms with Crippen LogP contribution in [0.5, 0.6) is 11.5 Å². The van der Waals surface area contributed by atoms with E-state index in [-0.39, 0.29) is 18.3 Å². The third kappa shape index (κ3) is 5.83. The van der Waals surface area contributed by atoms with Crippen molar-refractivity contribution >= 4 is 5.91 Å². The second-order valence-corrected chi connectivity index (χ2v) is 4.61. The Hall–Kier alpha value is -2.56. The Labute approximate surface area is 128 Å². The molecule has 0 bridgehead atoms. The van der Waals surface area contributed by atoms with E-state index in [2.05, 4.69) is 5.32 Å². The number of benzene rings is 2. The summed E-state index contributed by atoms with van der Waals surface area (Å²) in [5, 5.41) is 2.73. The van der Waals surface area contributed by atoms with Crippen LogP contribution in [0.2, 0.25) is 0 Å². The van der Waals surface area contributed by atoms with Crippen molar-refractivity contribution in [3.63, 3.8) is 0 Å². The third-order valence-electron chi connectivity index (χ3n) is 2.84. The predicted molar refractivity (Wildman–Crippen MR) is 81.5 cm³/mol. The van der Waals surface area contributed by atoms with Gasteiger partial charge in [0.25, 0.3) is 5.91 Å². The summed E-state index contributed by atoms with van der Waals surface area (Å²) in [7, 11) is 0. The van der Waals surface area contributed by atoms with Gasteiger partial charge in [0.1, 0.15) is 17.3 Å². The van der Waals surface area contributed by atoms with Crippen molar-refractivity contribution in [2.75, 3.05) is 19.8 Å². The van der Waals surface area contributed by atoms with Crippen LogP contribution in [0, 0.1) is 5.82 Å². The average molecular weight is 303 g/mol. The Morgan fingerprint density at radius 2 is 1.64 bits per heavy atom. The van der Waals surface area contributed by atoms with E-state index in [1.165, 1.54) is 24.3 Å². The Bertz CT molecular complexity index is 572. The molecule has 116 valence electrons. The monoisotopic (exact) mass is 303 g/mol. The summed E-state index contributed by atoms with van der Waals surface area (Å²) >= 11 is 0. The fourth-order valence-electron chi connectivity index (χ4n) is 1.74. The zero-order valence-electron chi connectivity index (χ0n) is 12.1. The van der Waals surface area contributed by atoms with Gasteiger partial charge in [-0.25, -0.2) is 4.39 Å². The highest BCUT2D eigenvalue weighted by molar-refractivity contribution is 5.77. The van der Waals surface area contributed by atoms with E-state index < -0.39 is 0 Å². The van der Waals surface area contributed by atoms with Gasteiger partial charge in [0.15, 0.2) is 6.61 Å². The molecule has 0 unspecified atom stereocenters. The van der Waals surface area contributed by atoms with Gasteiger partial charge in [0.05, 0.1) is 6.61 Å². The summed E-state index contributed by atoms with van der Waals surface area (Å²) in [4.78, 5) is 11.6. The molecule has 0 fully saturated rings. The first-order valence-electron chi connectivity index (χ1n) is 7.07. The molecular weight excluding hydrogens is 285 g/mol. The van der Waals surface area contributed by atoms with Crippen LogP contribution in [0.25, 0.3) is 0 Å². The number of hydrogen-bond donors (Lipinski definition) is 1. The van der Waals surface area contributed by atoms with Crippen LogP contribution in [0.1, 0.15) is 6.42 Å². The molecule has 2 aromatic carbocycles. The number of carbonyl (C=O) groups is 1. The molecule has 1 N–H and O–H groups in total. The normalized spacial score (nSPS) is 10.0. The molecule has 0 radical (unpaired) electrons. The van der Waals surface area contributed by atoms with Crippen LogP contribution in [0.15, 0.2) is 54.6 Å². The van der Waals surface area contributed by atoms with E-state index in [1.54, 1.807) is 0 Å². The fourth-order valence-corrected chi connectivity index (χ4v) is 1.74. The van der Waals surface area contributed by atoms with Crippen LogP contribution in [-0.4, -0.2) is 25.7 Å². The number of hydrogen-bond acceptors (Lipinski definition) is 3. The molecule has 0 saturated heterocycles. The molecule has 4 nitrogen and oxygen atoms in total. The summed E-state index contributed by atoms with van der Waals surface area (Å²) in [6.45, 7) is 0.951. The number of carbonyl (C=O) groups excluding carboxylic acids is 1. The quantitative estimate of drug-likeness (QED) is 0.763. The zero-order chi connectivity index (χ0) is 15.6. The Morgan fingerprint density at radius 1 is 0.955 bits per heavy atom. The van der Waals surface area contributed by atoms with Gasteiger partial charge in [-0.3, -0.25) is 4.79 Å². The molecule has 1 amide bonds. The minimum atomic E-state index is -0.338. The van der Waals surface area contributed by atoms with Crippen LogP contribution < -0.4 is 14.8 Å². The number of para-hydroxylation sites is 1. The smallest absolute Gasteiger partial charge is 0.257 e. The molecule has 2 aromatic rings. The van der Waals surface area contributed by atoms with Crippen molar-refractivity contribution in [2.24, 2.45) is 0 Å². The topological polar surface area (TPSA) is 47.6 Å². The van der Waals surface area contributed by atoms with Crippen LogP contribution >= 0.6 is 0 Å². The SMILES string of the molecule is O=C(COc1ccc(F)cc1)NCCCOc1ccccc1. The number of amides is 1. The maximum atomic E-state index is 12.7. The number of halogens is 1. The standard InChI is InChI=1S/C17H18FNO3/c18-14-7-9-16(10-8-14)22-13-17(20)19-11-4-12-21-15-5-2-1-3-6-15/h1-3,5-10H,4,11-13H2,(H,19,20). The summed E-state index contributed by atoms with van der Waals surface area (Å²) in [5.74, 6) is 0.719. The maximum absolute atomic E-state index is 12.7. The van der Waals surface area contributed by atoms with Crippen molar-refractivity contribution in [3.05, 3.63) is 60.4 Å². The molecule has 5 heteroatoms. The van der Waals surface area contributed by atoms with Gasteiger partial charge in [-0.15, -0.1) is 0 Å². The summed E-state index contributed by atoms with van der Waals surface area (Å²) in [6.07, 6.45) is 0.706. The molecule has 0 aliphatic heterocycles. The Kier molecular flexibility index (Phi) is 6.23. The van der Waals surface area contributed by atoms with Crippen molar-refractivity contribution in [1.29, 1.82) is 0 Å². The van der Waals surface area contributed by atoms with Crippen molar-refractivity contribution in [1.82, 2.24) is 5.32 Å². The van der Waals surface area contributed by atoms with Crippen molar-refractivity contribution in [2.45, 2.75) is 6.42 Å². The molecule has 2 rings (SSSR count). The highest BCUT2D eigenvalue weighted by atomic mass is 19.1. The molecular formula is C17H18FNO3. The first-order chi connectivity index (χ1) is 10.7. The first-order valence-corrected chi connectivity index (χ1v) is 7.07. The fraction of sp³-hybridized carbons (Fsp3) is 0.235. The molecule has 0 spiro atoms. The summed E-state index contributed by atoms with van der Waals surface area (Å²) in [5.41, 5.74) is 0. The number of rotatable bonds is 8. The van der Waals surface area contributed by atoms with Gasteiger partial charge < -0.3 is 14.8 Å². The lowest BCUT2D eigenvalue weighted by Crippen LogP contribution is -2.30. The second-order valence-electron chi connectivity index (χ2n) is 4.61. The minimum Gasteiger partial charge on any atom is -0.494 e. The van der Waals surface area contributed by atoms with Gasteiger partial charge in [-0.05, 0) is 42.8 Å². The van der Waals surface area contributed by atoms with Crippen LogP contribution in [-0.2, 0) is 4.79 Å². The van der Waals surface area contributed by atoms with Gasteiger partial charge in [-0.1, -0.05) is 18.2 Å². The first kappa shape index (κ1) is 15.8. The van der Waals surface area contributed by atoms with Gasteiger partial charge in [-0.2, -0.15) is 0 Å².